The van der Waals surface area contributed by atoms with Crippen LogP contribution >= 0.6 is 0 Å². The second-order valence-corrected chi connectivity index (χ2v) is 6.65. The van der Waals surface area contributed by atoms with E-state index in [2.05, 4.69) is 15.4 Å². The number of nitrogens with zero attached hydrogens (tertiary/aromatic N) is 4. The molecule has 146 valence electrons. The van der Waals surface area contributed by atoms with Crippen LogP contribution in [0, 0.1) is 13.8 Å². The molecule has 8 heteroatoms. The van der Waals surface area contributed by atoms with Crippen LogP contribution in [0.3, 0.4) is 0 Å². The zero-order chi connectivity index (χ0) is 20.4. The molecule has 0 saturated carbocycles. The maximum absolute atomic E-state index is 12.6. The summed E-state index contributed by atoms with van der Waals surface area (Å²) in [6.45, 7) is 3.65. The number of para-hydroxylation sites is 1. The molecule has 2 aromatic heterocycles. The number of anilines is 1. The molecule has 4 aromatic rings. The van der Waals surface area contributed by atoms with Gasteiger partial charge in [0.1, 0.15) is 12.3 Å². The van der Waals surface area contributed by atoms with E-state index in [1.807, 2.05) is 50.2 Å². The second kappa shape index (κ2) is 7.59. The summed E-state index contributed by atoms with van der Waals surface area (Å²) in [7, 11) is 0. The third-order valence-electron chi connectivity index (χ3n) is 4.40. The van der Waals surface area contributed by atoms with Gasteiger partial charge < -0.3 is 10.1 Å². The molecule has 0 fully saturated rings. The minimum Gasteiger partial charge on any atom is -0.436 e. The molecule has 0 atom stereocenters. The maximum Gasteiger partial charge on any atom is 0.351 e. The molecule has 0 aliphatic carbocycles. The summed E-state index contributed by atoms with van der Waals surface area (Å²) in [5.74, 6) is 0.456. The highest BCUT2D eigenvalue weighted by atomic mass is 16.5. The van der Waals surface area contributed by atoms with Crippen molar-refractivity contribution in [1.29, 1.82) is 0 Å². The molecule has 4 rings (SSSR count). The first-order chi connectivity index (χ1) is 14.0. The lowest BCUT2D eigenvalue weighted by Crippen LogP contribution is -2.28. The molecule has 0 bridgehead atoms. The van der Waals surface area contributed by atoms with Crippen LogP contribution in [0.5, 0.6) is 11.6 Å². The van der Waals surface area contributed by atoms with Crippen LogP contribution in [0.2, 0.25) is 0 Å². The Labute approximate surface area is 166 Å². The second-order valence-electron chi connectivity index (χ2n) is 6.65. The van der Waals surface area contributed by atoms with Crippen LogP contribution < -0.4 is 15.7 Å². The van der Waals surface area contributed by atoms with Crippen molar-refractivity contribution in [3.05, 3.63) is 82.5 Å². The largest absolute Gasteiger partial charge is 0.436 e. The zero-order valence-corrected chi connectivity index (χ0v) is 16.0. The highest BCUT2D eigenvalue weighted by molar-refractivity contribution is 5.90. The van der Waals surface area contributed by atoms with E-state index < -0.39 is 5.69 Å². The molecule has 29 heavy (non-hydrogen) atoms. The number of aromatic nitrogens is 4. The summed E-state index contributed by atoms with van der Waals surface area (Å²) in [5.41, 5.74) is 2.46. The Balaban J connectivity index is 1.60. The predicted molar refractivity (Wildman–Crippen MR) is 108 cm³/mol. The van der Waals surface area contributed by atoms with E-state index >= 15 is 0 Å². The average Bonchev–Trinajstić information content (AvgIpc) is 3.02. The number of amides is 1. The number of carbonyl (C=O) groups is 1. The van der Waals surface area contributed by atoms with Crippen molar-refractivity contribution in [2.45, 2.75) is 20.4 Å². The highest BCUT2D eigenvalue weighted by Gasteiger charge is 2.16. The number of carbonyl (C=O) groups excluding carboxylic acids is 1. The fraction of sp³-hybridized carbons (Fsp3) is 0.143. The normalized spacial score (nSPS) is 10.8. The van der Waals surface area contributed by atoms with Crippen molar-refractivity contribution in [3.8, 4) is 11.6 Å². The first-order valence-electron chi connectivity index (χ1n) is 9.05. The number of fused-ring (bicyclic) bond motifs is 1. The molecule has 0 radical (unpaired) electrons. The van der Waals surface area contributed by atoms with Crippen LogP contribution in [-0.2, 0) is 11.3 Å². The predicted octanol–water partition coefficient (Wildman–Crippen LogP) is 2.94. The van der Waals surface area contributed by atoms with Crippen molar-refractivity contribution in [2.24, 2.45) is 0 Å². The minimum atomic E-state index is -0.448. The molecule has 2 aromatic carbocycles. The van der Waals surface area contributed by atoms with E-state index in [0.29, 0.717) is 11.4 Å². The van der Waals surface area contributed by atoms with Crippen LogP contribution in [0.15, 0.2) is 65.7 Å². The minimum absolute atomic E-state index is 0.191. The van der Waals surface area contributed by atoms with Gasteiger partial charge in [-0.3, -0.25) is 4.79 Å². The molecule has 0 saturated heterocycles. The Morgan fingerprint density at radius 3 is 2.62 bits per heavy atom. The van der Waals surface area contributed by atoms with E-state index in [1.54, 1.807) is 12.1 Å². The quantitative estimate of drug-likeness (QED) is 0.567. The first-order valence-corrected chi connectivity index (χ1v) is 9.05. The molecular formula is C21H19N5O3. The fourth-order valence-corrected chi connectivity index (χ4v) is 2.85. The van der Waals surface area contributed by atoms with Gasteiger partial charge >= 0.3 is 5.69 Å². The smallest absolute Gasteiger partial charge is 0.351 e. The molecule has 1 amide bonds. The van der Waals surface area contributed by atoms with Gasteiger partial charge in [-0.05, 0) is 37.6 Å². The number of rotatable bonds is 5. The third-order valence-corrected chi connectivity index (χ3v) is 4.40. The van der Waals surface area contributed by atoms with Crippen LogP contribution in [0.25, 0.3) is 5.65 Å². The summed E-state index contributed by atoms with van der Waals surface area (Å²) < 4.78 is 8.25. The SMILES string of the molecule is Cc1ccc(NC(=O)Cn2nc3c(Oc4ccccc4C)nccn3c2=O)cc1. The van der Waals surface area contributed by atoms with Crippen molar-refractivity contribution in [3.63, 3.8) is 0 Å². The van der Waals surface area contributed by atoms with Crippen LogP contribution in [-0.4, -0.2) is 25.1 Å². The van der Waals surface area contributed by atoms with E-state index in [0.717, 1.165) is 15.8 Å². The topological polar surface area (TPSA) is 90.5 Å². The van der Waals surface area contributed by atoms with Gasteiger partial charge in [0, 0.05) is 18.1 Å². The Hall–Kier alpha value is -3.94. The molecule has 0 spiro atoms. The van der Waals surface area contributed by atoms with Gasteiger partial charge in [0.15, 0.2) is 0 Å². The summed E-state index contributed by atoms with van der Waals surface area (Å²) in [6.07, 6.45) is 2.95. The fourth-order valence-electron chi connectivity index (χ4n) is 2.85. The van der Waals surface area contributed by atoms with Gasteiger partial charge in [-0.1, -0.05) is 35.9 Å². The summed E-state index contributed by atoms with van der Waals surface area (Å²) >= 11 is 0. The van der Waals surface area contributed by atoms with E-state index in [-0.39, 0.29) is 24.0 Å². The van der Waals surface area contributed by atoms with E-state index in [4.69, 9.17) is 4.74 Å². The lowest BCUT2D eigenvalue weighted by Gasteiger charge is -2.07. The van der Waals surface area contributed by atoms with Crippen molar-refractivity contribution in [2.75, 3.05) is 5.32 Å². The monoisotopic (exact) mass is 389 g/mol. The average molecular weight is 389 g/mol. The molecular weight excluding hydrogens is 370 g/mol. The van der Waals surface area contributed by atoms with E-state index in [9.17, 15) is 9.59 Å². The number of hydrogen-bond donors (Lipinski definition) is 1. The molecule has 1 N–H and O–H groups in total. The Kier molecular flexibility index (Phi) is 4.82. The number of benzene rings is 2. The summed E-state index contributed by atoms with van der Waals surface area (Å²) in [5, 5.41) is 7.01. The highest BCUT2D eigenvalue weighted by Crippen LogP contribution is 2.24. The van der Waals surface area contributed by atoms with Crippen molar-refractivity contribution < 1.29 is 9.53 Å². The van der Waals surface area contributed by atoms with Crippen molar-refractivity contribution >= 4 is 17.2 Å². The standard InChI is InChI=1S/C21H19N5O3/c1-14-7-9-16(10-8-14)23-18(27)13-26-21(28)25-12-11-22-20(19(25)24-26)29-17-6-4-3-5-15(17)2/h3-12H,13H2,1-2H3,(H,23,27). The molecule has 0 unspecified atom stereocenters. The van der Waals surface area contributed by atoms with Crippen molar-refractivity contribution in [1.82, 2.24) is 19.2 Å². The van der Waals surface area contributed by atoms with Gasteiger partial charge in [-0.15, -0.1) is 5.10 Å². The number of aryl methyl sites for hydroxylation is 2. The molecule has 0 aliphatic rings. The third kappa shape index (κ3) is 3.86. The van der Waals surface area contributed by atoms with Gasteiger partial charge in [0.25, 0.3) is 5.88 Å². The van der Waals surface area contributed by atoms with Gasteiger partial charge in [0.05, 0.1) is 0 Å². The van der Waals surface area contributed by atoms with Crippen LogP contribution in [0.1, 0.15) is 11.1 Å². The lowest BCUT2D eigenvalue weighted by atomic mass is 10.2. The maximum atomic E-state index is 12.6. The summed E-state index contributed by atoms with van der Waals surface area (Å²) in [4.78, 5) is 29.2. The molecule has 8 nitrogen and oxygen atoms in total. The van der Waals surface area contributed by atoms with Gasteiger partial charge in [-0.25, -0.2) is 18.9 Å². The zero-order valence-electron chi connectivity index (χ0n) is 16.0. The Morgan fingerprint density at radius 1 is 1.10 bits per heavy atom. The Bertz CT molecular complexity index is 1240. The lowest BCUT2D eigenvalue weighted by molar-refractivity contribution is -0.117. The van der Waals surface area contributed by atoms with E-state index in [1.165, 1.54) is 16.8 Å². The van der Waals surface area contributed by atoms with Gasteiger partial charge in [-0.2, -0.15) is 0 Å². The van der Waals surface area contributed by atoms with Crippen LogP contribution in [0.4, 0.5) is 5.69 Å². The number of ether oxygens (including phenoxy) is 1. The van der Waals surface area contributed by atoms with Gasteiger partial charge in [0.2, 0.25) is 11.6 Å². The molecule has 2 heterocycles. The summed E-state index contributed by atoms with van der Waals surface area (Å²) in [6, 6.07) is 14.9. The number of nitrogens with one attached hydrogen (secondary N) is 1. The first kappa shape index (κ1) is 18.4. The number of hydrogen-bond acceptors (Lipinski definition) is 5. The Morgan fingerprint density at radius 2 is 1.86 bits per heavy atom. The molecule has 0 aliphatic heterocycles.